The molecule has 0 bridgehead atoms. The monoisotopic (exact) mass is 380 g/mol. The summed E-state index contributed by atoms with van der Waals surface area (Å²) in [4.78, 5) is 28.4. The highest BCUT2D eigenvalue weighted by Gasteiger charge is 2.24. The first-order valence-electron chi connectivity index (χ1n) is 7.63. The lowest BCUT2D eigenvalue weighted by atomic mass is 10.1. The van der Waals surface area contributed by atoms with Crippen molar-refractivity contribution in [3.8, 4) is 0 Å². The molecule has 4 nitrogen and oxygen atoms in total. The molecule has 1 atom stereocenters. The maximum atomic E-state index is 12.8. The van der Waals surface area contributed by atoms with E-state index in [1.54, 1.807) is 11.0 Å². The van der Waals surface area contributed by atoms with Crippen molar-refractivity contribution < 1.29 is 9.59 Å². The summed E-state index contributed by atoms with van der Waals surface area (Å²) >= 11 is 8.95. The zero-order valence-electron chi connectivity index (χ0n) is 13.3. The van der Waals surface area contributed by atoms with E-state index in [9.17, 15) is 9.59 Å². The molecule has 1 aliphatic heterocycles. The number of nitrogens with one attached hydrogen (secondary N) is 1. The van der Waals surface area contributed by atoms with E-state index < -0.39 is 0 Å². The highest BCUT2D eigenvalue weighted by atomic mass is 35.5. The largest absolute Gasteiger partial charge is 0.334 e. The third kappa shape index (κ3) is 3.61. The van der Waals surface area contributed by atoms with Crippen LogP contribution in [0.3, 0.4) is 0 Å². The van der Waals surface area contributed by atoms with Gasteiger partial charge in [-0.1, -0.05) is 11.6 Å². The smallest absolute Gasteiger partial charge is 0.254 e. The van der Waals surface area contributed by atoms with Crippen molar-refractivity contribution in [2.24, 2.45) is 0 Å². The molecular weight excluding hydrogens is 364 g/mol. The third-order valence-electron chi connectivity index (χ3n) is 3.80. The number of carbonyl (C=O) groups is 2. The minimum absolute atomic E-state index is 0.0299. The highest BCUT2D eigenvalue weighted by Crippen LogP contribution is 2.36. The van der Waals surface area contributed by atoms with Crippen molar-refractivity contribution in [3.05, 3.63) is 45.1 Å². The summed E-state index contributed by atoms with van der Waals surface area (Å²) in [7, 11) is 0. The number of halogens is 1. The Kier molecular flexibility index (Phi) is 5.18. The maximum Gasteiger partial charge on any atom is 0.254 e. The van der Waals surface area contributed by atoms with Crippen molar-refractivity contribution in [1.29, 1.82) is 0 Å². The molecule has 0 radical (unpaired) electrons. The van der Waals surface area contributed by atoms with Crippen LogP contribution in [0.15, 0.2) is 35.2 Å². The number of thioether (sulfide) groups is 1. The Bertz CT molecular complexity index is 791. The van der Waals surface area contributed by atoms with Gasteiger partial charge in [-0.2, -0.15) is 0 Å². The van der Waals surface area contributed by atoms with Gasteiger partial charge in [0.15, 0.2) is 0 Å². The number of thiophene rings is 1. The van der Waals surface area contributed by atoms with Crippen LogP contribution in [-0.4, -0.2) is 28.5 Å². The molecule has 7 heteroatoms. The predicted molar refractivity (Wildman–Crippen MR) is 100 cm³/mol. The molecule has 24 heavy (non-hydrogen) atoms. The summed E-state index contributed by atoms with van der Waals surface area (Å²) in [6.07, 6.45) is 0. The Hall–Kier alpha value is -1.50. The van der Waals surface area contributed by atoms with Crippen molar-refractivity contribution in [3.63, 3.8) is 0 Å². The minimum Gasteiger partial charge on any atom is -0.334 e. The van der Waals surface area contributed by atoms with Gasteiger partial charge in [0.05, 0.1) is 21.8 Å². The average molecular weight is 381 g/mol. The summed E-state index contributed by atoms with van der Waals surface area (Å²) in [6, 6.07) is 9.26. The fourth-order valence-corrected chi connectivity index (χ4v) is 4.51. The van der Waals surface area contributed by atoms with Crippen LogP contribution in [0.25, 0.3) is 0 Å². The summed E-state index contributed by atoms with van der Waals surface area (Å²) in [6.45, 7) is 4.95. The lowest BCUT2D eigenvalue weighted by Gasteiger charge is -2.24. The van der Waals surface area contributed by atoms with Gasteiger partial charge in [0.2, 0.25) is 5.91 Å². The zero-order chi connectivity index (χ0) is 17.3. The summed E-state index contributed by atoms with van der Waals surface area (Å²) in [5.74, 6) is -0.0830. The summed E-state index contributed by atoms with van der Waals surface area (Å²) < 4.78 is 0.719. The van der Waals surface area contributed by atoms with Crippen LogP contribution in [0.5, 0.6) is 0 Å². The molecule has 2 heterocycles. The van der Waals surface area contributed by atoms with Crippen LogP contribution in [0.1, 0.15) is 29.1 Å². The van der Waals surface area contributed by atoms with Crippen LogP contribution >= 0.6 is 34.7 Å². The van der Waals surface area contributed by atoms with Crippen LogP contribution in [0, 0.1) is 0 Å². The van der Waals surface area contributed by atoms with E-state index in [1.165, 1.54) is 23.1 Å². The molecule has 0 spiro atoms. The first kappa shape index (κ1) is 17.3. The number of anilines is 1. The number of amides is 2. The zero-order valence-corrected chi connectivity index (χ0v) is 15.7. The Labute approximate surface area is 154 Å². The first-order chi connectivity index (χ1) is 11.5. The second-order valence-electron chi connectivity index (χ2n) is 5.49. The van der Waals surface area contributed by atoms with Gasteiger partial charge in [-0.05, 0) is 44.2 Å². The van der Waals surface area contributed by atoms with Gasteiger partial charge in [-0.3, -0.25) is 9.59 Å². The number of hydrogen-bond donors (Lipinski definition) is 1. The van der Waals surface area contributed by atoms with E-state index >= 15 is 0 Å². The summed E-state index contributed by atoms with van der Waals surface area (Å²) in [5.41, 5.74) is 1.29. The van der Waals surface area contributed by atoms with Gasteiger partial charge in [-0.15, -0.1) is 23.1 Å². The van der Waals surface area contributed by atoms with Gasteiger partial charge >= 0.3 is 0 Å². The number of benzene rings is 1. The lowest BCUT2D eigenvalue weighted by molar-refractivity contribution is -0.115. The van der Waals surface area contributed by atoms with Crippen LogP contribution < -0.4 is 5.32 Å². The SMILES string of the molecule is CCN(Cc1ccc(Cl)s1)C(=O)c1ccc2c(c1)NC(=O)C(C)S2. The van der Waals surface area contributed by atoms with Crippen LogP contribution in [-0.2, 0) is 11.3 Å². The van der Waals surface area contributed by atoms with Crippen LogP contribution in [0.4, 0.5) is 5.69 Å². The van der Waals surface area contributed by atoms with Gasteiger partial charge in [0.1, 0.15) is 0 Å². The molecule has 0 aliphatic carbocycles. The molecule has 1 unspecified atom stereocenters. The van der Waals surface area contributed by atoms with Gasteiger partial charge < -0.3 is 10.2 Å². The van der Waals surface area contributed by atoms with Crippen molar-refractivity contribution in [2.45, 2.75) is 30.5 Å². The lowest BCUT2D eigenvalue weighted by Crippen LogP contribution is -2.31. The van der Waals surface area contributed by atoms with E-state index in [4.69, 9.17) is 11.6 Å². The number of hydrogen-bond acceptors (Lipinski definition) is 4. The average Bonchev–Trinajstić information content (AvgIpc) is 2.98. The van der Waals surface area contributed by atoms with Gasteiger partial charge in [0.25, 0.3) is 5.91 Å². The van der Waals surface area contributed by atoms with Gasteiger partial charge in [0, 0.05) is 21.9 Å². The van der Waals surface area contributed by atoms with Crippen molar-refractivity contribution in [1.82, 2.24) is 4.90 Å². The molecule has 1 aromatic carbocycles. The topological polar surface area (TPSA) is 49.4 Å². The van der Waals surface area contributed by atoms with Crippen molar-refractivity contribution in [2.75, 3.05) is 11.9 Å². The molecule has 1 N–H and O–H groups in total. The minimum atomic E-state index is -0.116. The predicted octanol–water partition coefficient (Wildman–Crippen LogP) is 4.50. The standard InChI is InChI=1S/C17H17ClN2O2S2/c1-3-20(9-12-5-7-15(18)24-12)17(22)11-4-6-14-13(8-11)19-16(21)10(2)23-14/h4-8,10H,3,9H2,1-2H3,(H,19,21). The molecule has 1 aliphatic rings. The Balaban J connectivity index is 1.81. The Morgan fingerprint density at radius 2 is 2.12 bits per heavy atom. The van der Waals surface area contributed by atoms with Crippen molar-refractivity contribution >= 4 is 52.2 Å². The molecular formula is C17H17ClN2O2S2. The maximum absolute atomic E-state index is 12.8. The third-order valence-corrected chi connectivity index (χ3v) is 6.20. The molecule has 1 aromatic heterocycles. The molecule has 2 amide bonds. The molecule has 3 rings (SSSR count). The van der Waals surface area contributed by atoms with E-state index in [-0.39, 0.29) is 17.1 Å². The second kappa shape index (κ2) is 7.17. The molecule has 2 aromatic rings. The molecule has 126 valence electrons. The quantitative estimate of drug-likeness (QED) is 0.849. The second-order valence-corrected chi connectivity index (χ2v) is 8.67. The van der Waals surface area contributed by atoms with E-state index in [2.05, 4.69) is 5.32 Å². The molecule has 0 saturated carbocycles. The summed E-state index contributed by atoms with van der Waals surface area (Å²) in [5, 5.41) is 2.75. The van der Waals surface area contributed by atoms with Gasteiger partial charge in [-0.25, -0.2) is 0 Å². The fourth-order valence-electron chi connectivity index (χ4n) is 2.48. The number of carbonyl (C=O) groups excluding carboxylic acids is 2. The normalized spacial score (nSPS) is 16.5. The number of rotatable bonds is 4. The first-order valence-corrected chi connectivity index (χ1v) is 9.70. The van der Waals surface area contributed by atoms with E-state index in [0.29, 0.717) is 24.3 Å². The van der Waals surface area contributed by atoms with E-state index in [0.717, 1.165) is 14.1 Å². The Morgan fingerprint density at radius 1 is 1.33 bits per heavy atom. The number of fused-ring (bicyclic) bond motifs is 1. The molecule has 0 saturated heterocycles. The molecule has 0 fully saturated rings. The Morgan fingerprint density at radius 3 is 2.79 bits per heavy atom. The fraction of sp³-hybridized carbons (Fsp3) is 0.294. The van der Waals surface area contributed by atoms with E-state index in [1.807, 2.05) is 38.1 Å². The van der Waals surface area contributed by atoms with Crippen LogP contribution in [0.2, 0.25) is 4.34 Å². The number of nitrogens with zero attached hydrogens (tertiary/aromatic N) is 1. The highest BCUT2D eigenvalue weighted by molar-refractivity contribution is 8.00.